The minimum atomic E-state index is -3.82. The first-order valence-electron chi connectivity index (χ1n) is 20.5. The number of benzene rings is 2. The van der Waals surface area contributed by atoms with Gasteiger partial charge in [0.25, 0.3) is 11.8 Å². The number of nitrogens with zero attached hydrogens (tertiary/aromatic N) is 5. The number of amides is 2. The van der Waals surface area contributed by atoms with E-state index in [-0.39, 0.29) is 35.2 Å². The summed E-state index contributed by atoms with van der Waals surface area (Å²) in [7, 11) is 0.118. The molecule has 2 unspecified atom stereocenters. The van der Waals surface area contributed by atoms with Crippen LogP contribution < -0.4 is 9.46 Å². The third-order valence-electron chi connectivity index (χ3n) is 12.3. The molecule has 7 rings (SSSR count). The Kier molecular flexibility index (Phi) is 11.0. The van der Waals surface area contributed by atoms with Gasteiger partial charge in [-0.3, -0.25) is 14.3 Å². The lowest BCUT2D eigenvalue weighted by molar-refractivity contribution is -0.914. The lowest BCUT2D eigenvalue weighted by Gasteiger charge is -2.45. The first kappa shape index (κ1) is 39.8. The fraction of sp³-hybridized carbons (Fsp3) is 0.523. The average molecular weight is 784 g/mol. The van der Waals surface area contributed by atoms with Crippen LogP contribution in [0.3, 0.4) is 0 Å². The number of hydrogen-bond acceptors (Lipinski definition) is 6. The topological polar surface area (TPSA) is 116 Å². The smallest absolute Gasteiger partial charge is 0.264 e. The molecule has 2 aromatic carbocycles. The zero-order chi connectivity index (χ0) is 40.1. The molecule has 1 N–H and O–H groups in total. The van der Waals surface area contributed by atoms with Gasteiger partial charge in [0, 0.05) is 28.1 Å². The highest BCUT2D eigenvalue weighted by Crippen LogP contribution is 2.48. The number of fused-ring (bicyclic) bond motifs is 5. The third kappa shape index (κ3) is 7.54. The number of allylic oxidation sites excluding steroid dienone is 1. The van der Waals surface area contributed by atoms with E-state index in [1.807, 2.05) is 41.6 Å². The maximum Gasteiger partial charge on any atom is 0.264 e. The molecule has 0 spiro atoms. The minimum absolute atomic E-state index is 0.0141. The zero-order valence-corrected chi connectivity index (χ0v) is 35.2. The largest absolute Gasteiger partial charge is 0.497 e. The molecule has 56 heavy (non-hydrogen) atoms. The van der Waals surface area contributed by atoms with Gasteiger partial charge in [-0.05, 0) is 105 Å². The summed E-state index contributed by atoms with van der Waals surface area (Å²) in [6.45, 7) is 16.0. The fourth-order valence-electron chi connectivity index (χ4n) is 9.38. The number of rotatable bonds is 10. The van der Waals surface area contributed by atoms with Gasteiger partial charge >= 0.3 is 0 Å². The summed E-state index contributed by atoms with van der Waals surface area (Å²) in [6, 6.07) is 11.8. The van der Waals surface area contributed by atoms with Crippen LogP contribution in [0.1, 0.15) is 123 Å². The van der Waals surface area contributed by atoms with E-state index in [4.69, 9.17) is 9.84 Å². The monoisotopic (exact) mass is 783 g/mol. The van der Waals surface area contributed by atoms with Crippen LogP contribution in [0.4, 0.5) is 0 Å². The van der Waals surface area contributed by atoms with Crippen molar-refractivity contribution in [3.8, 4) is 17.0 Å². The predicted octanol–water partition coefficient (Wildman–Crippen LogP) is 7.72. The molecule has 4 aromatic rings. The van der Waals surface area contributed by atoms with E-state index in [9.17, 15) is 18.0 Å². The summed E-state index contributed by atoms with van der Waals surface area (Å²) < 4.78 is 39.1. The van der Waals surface area contributed by atoms with Crippen LogP contribution >= 0.6 is 0 Å². The quantitative estimate of drug-likeness (QED) is 0.165. The zero-order valence-electron chi connectivity index (χ0n) is 34.4. The van der Waals surface area contributed by atoms with Crippen molar-refractivity contribution in [2.45, 2.75) is 98.2 Å². The van der Waals surface area contributed by atoms with Crippen LogP contribution in [-0.4, -0.2) is 96.1 Å². The van der Waals surface area contributed by atoms with Gasteiger partial charge in [-0.15, -0.1) is 0 Å². The molecule has 2 aromatic heterocycles. The van der Waals surface area contributed by atoms with Crippen molar-refractivity contribution in [1.82, 2.24) is 24.0 Å². The van der Waals surface area contributed by atoms with Gasteiger partial charge in [-0.1, -0.05) is 39.2 Å². The second-order valence-electron chi connectivity index (χ2n) is 17.3. The molecule has 2 amide bonds. The number of sulfonamides is 1. The first-order chi connectivity index (χ1) is 26.6. The minimum Gasteiger partial charge on any atom is -0.497 e. The highest BCUT2D eigenvalue weighted by Gasteiger charge is 2.38. The fourth-order valence-corrected chi connectivity index (χ4v) is 10.7. The number of aromatic nitrogens is 3. The number of carbonyl (C=O) groups excluding carboxylic acids is 2. The van der Waals surface area contributed by atoms with Crippen molar-refractivity contribution in [3.63, 3.8) is 0 Å². The number of ether oxygens (including phenoxy) is 1. The Hall–Kier alpha value is -4.42. The molecule has 2 aliphatic heterocycles. The number of carbonyl (C=O) groups is 2. The third-order valence-corrected chi connectivity index (χ3v) is 13.9. The molecule has 1 aliphatic carbocycles. The Morgan fingerprint density at radius 2 is 1.79 bits per heavy atom. The van der Waals surface area contributed by atoms with Gasteiger partial charge in [-0.2, -0.15) is 5.10 Å². The summed E-state index contributed by atoms with van der Waals surface area (Å²) in [4.78, 5) is 30.4. The maximum atomic E-state index is 14.7. The second kappa shape index (κ2) is 15.5. The molecule has 3 aliphatic rings. The molecule has 2 atom stereocenters. The molecule has 11 nitrogen and oxygen atoms in total. The lowest BCUT2D eigenvalue weighted by Crippen LogP contribution is -2.62. The number of nitrogens with one attached hydrogen (secondary N) is 1. The van der Waals surface area contributed by atoms with Crippen LogP contribution in [0.2, 0.25) is 0 Å². The van der Waals surface area contributed by atoms with Gasteiger partial charge in [0.2, 0.25) is 10.0 Å². The van der Waals surface area contributed by atoms with Crippen molar-refractivity contribution < 1.29 is 27.2 Å². The van der Waals surface area contributed by atoms with Crippen molar-refractivity contribution in [1.29, 1.82) is 0 Å². The highest BCUT2D eigenvalue weighted by atomic mass is 32.2. The molecule has 0 radical (unpaired) electrons. The van der Waals surface area contributed by atoms with Gasteiger partial charge in [0.1, 0.15) is 5.75 Å². The molecule has 4 heterocycles. The number of likely N-dealkylation sites (N-methyl/N-ethyl adjacent to an activating group) is 1. The van der Waals surface area contributed by atoms with Gasteiger partial charge < -0.3 is 18.7 Å². The predicted molar refractivity (Wildman–Crippen MR) is 223 cm³/mol. The number of methoxy groups -OCH3 is 1. The van der Waals surface area contributed by atoms with E-state index in [0.717, 1.165) is 94.5 Å². The van der Waals surface area contributed by atoms with E-state index < -0.39 is 15.9 Å². The Morgan fingerprint density at radius 3 is 2.45 bits per heavy atom. The Morgan fingerprint density at radius 1 is 1.04 bits per heavy atom. The van der Waals surface area contributed by atoms with Crippen molar-refractivity contribution >= 4 is 44.4 Å². The second-order valence-corrected chi connectivity index (χ2v) is 19.0. The molecule has 0 bridgehead atoms. The van der Waals surface area contributed by atoms with Crippen LogP contribution in [-0.2, 0) is 16.6 Å². The van der Waals surface area contributed by atoms with Crippen LogP contribution in [0.15, 0.2) is 42.6 Å². The van der Waals surface area contributed by atoms with Gasteiger partial charge in [0.05, 0.1) is 81.8 Å². The van der Waals surface area contributed by atoms with Gasteiger partial charge in [-0.25, -0.2) is 13.1 Å². The normalized spacial score (nSPS) is 20.5. The standard InChI is InChI=1S/C44H58N6O5S/c1-9-50(7)20-19-47(30(6)26-50)44(52)38-24-45-49(29(4)5)41(38)34-21-33-22-35(55-8)16-18-36(33)42-40(31-13-11-10-12-14-31)37-17-15-32(23-39(37)48(42)25-34)43(51)46-56(53,54)27-28(2)3/h15-18,21-24,28-31H,9-14,19-20,25-27H2,1-8H3/p+1. The van der Waals surface area contributed by atoms with E-state index in [2.05, 4.69) is 62.2 Å². The van der Waals surface area contributed by atoms with E-state index in [1.54, 1.807) is 19.4 Å². The van der Waals surface area contributed by atoms with Crippen LogP contribution in [0.25, 0.3) is 33.8 Å². The highest BCUT2D eigenvalue weighted by molar-refractivity contribution is 7.90. The Bertz CT molecular complexity index is 2300. The Labute approximate surface area is 332 Å². The molecule has 300 valence electrons. The first-order valence-corrected chi connectivity index (χ1v) is 22.1. The summed E-state index contributed by atoms with van der Waals surface area (Å²) in [5, 5.41) is 5.93. The van der Waals surface area contributed by atoms with Crippen molar-refractivity contribution in [2.24, 2.45) is 5.92 Å². The number of piperazine rings is 1. The summed E-state index contributed by atoms with van der Waals surface area (Å²) in [5.41, 5.74) is 7.80. The number of quaternary nitrogens is 1. The van der Waals surface area contributed by atoms with E-state index in [1.165, 1.54) is 12.0 Å². The lowest BCUT2D eigenvalue weighted by atomic mass is 9.81. The van der Waals surface area contributed by atoms with Crippen molar-refractivity contribution in [3.05, 3.63) is 70.5 Å². The van der Waals surface area contributed by atoms with Crippen molar-refractivity contribution in [2.75, 3.05) is 46.1 Å². The maximum absolute atomic E-state index is 14.7. The van der Waals surface area contributed by atoms with E-state index in [0.29, 0.717) is 24.6 Å². The summed E-state index contributed by atoms with van der Waals surface area (Å²) >= 11 is 0. The molecule has 1 saturated heterocycles. The molecular weight excluding hydrogens is 725 g/mol. The average Bonchev–Trinajstić information content (AvgIpc) is 3.69. The van der Waals surface area contributed by atoms with Gasteiger partial charge in [0.15, 0.2) is 0 Å². The molecular formula is C44H59N6O5S+. The molecule has 2 fully saturated rings. The molecule has 1 saturated carbocycles. The summed E-state index contributed by atoms with van der Waals surface area (Å²) in [5.74, 6) is 0.125. The number of hydrogen-bond donors (Lipinski definition) is 1. The SMILES string of the molecule is CC[N+]1(C)CCN(C(=O)c2cnn(C(C)C)c2C2=Cc3cc(OC)ccc3-c3c(C4CCCCC4)c4ccc(C(=O)NS(=O)(=O)CC(C)C)cc4n3C2)C(C)C1. The molecule has 12 heteroatoms. The Balaban J connectivity index is 1.43. The summed E-state index contributed by atoms with van der Waals surface area (Å²) in [6.07, 6.45) is 9.57. The van der Waals surface area contributed by atoms with Crippen LogP contribution in [0.5, 0.6) is 5.75 Å². The van der Waals surface area contributed by atoms with E-state index >= 15 is 0 Å². The van der Waals surface area contributed by atoms with Crippen LogP contribution in [0, 0.1) is 5.92 Å².